The highest BCUT2D eigenvalue weighted by Crippen LogP contribution is 2.52. The minimum Gasteiger partial charge on any atom is -0.0988 e. The van der Waals surface area contributed by atoms with Gasteiger partial charge in [-0.3, -0.25) is 0 Å². The Kier molecular flexibility index (Phi) is 7.36. The lowest BCUT2D eigenvalue weighted by Crippen LogP contribution is -2.26. The van der Waals surface area contributed by atoms with Gasteiger partial charge in [0.2, 0.25) is 0 Å². The van der Waals surface area contributed by atoms with Gasteiger partial charge in [0.1, 0.15) is 0 Å². The van der Waals surface area contributed by atoms with Crippen molar-refractivity contribution in [3.05, 3.63) is 114 Å². The van der Waals surface area contributed by atoms with Gasteiger partial charge in [-0.05, 0) is 85.9 Å². The van der Waals surface area contributed by atoms with Crippen molar-refractivity contribution in [3.63, 3.8) is 0 Å². The van der Waals surface area contributed by atoms with Crippen LogP contribution in [0, 0.1) is 23.7 Å². The molecule has 196 valence electrons. The Balaban J connectivity index is 1.66. The van der Waals surface area contributed by atoms with Crippen LogP contribution >= 0.6 is 0 Å². The first-order valence-electron chi connectivity index (χ1n) is 14.6. The van der Waals surface area contributed by atoms with Gasteiger partial charge in [0.15, 0.2) is 0 Å². The molecule has 0 saturated heterocycles. The molecule has 5 rings (SSSR count). The first-order chi connectivity index (χ1) is 18.3. The van der Waals surface area contributed by atoms with E-state index in [1.165, 1.54) is 62.2 Å². The number of benzene rings is 3. The molecular weight excluding hydrogens is 456 g/mol. The highest BCUT2D eigenvalue weighted by atomic mass is 14.4. The summed E-state index contributed by atoms with van der Waals surface area (Å²) in [6, 6.07) is 18.0. The number of allylic oxidation sites excluding steroid dienone is 9. The average molecular weight is 501 g/mol. The largest absolute Gasteiger partial charge is 0.0988 e. The van der Waals surface area contributed by atoms with E-state index in [-0.39, 0.29) is 5.41 Å². The Morgan fingerprint density at radius 2 is 1.55 bits per heavy atom. The van der Waals surface area contributed by atoms with Gasteiger partial charge in [0.25, 0.3) is 0 Å². The summed E-state index contributed by atoms with van der Waals surface area (Å²) in [5.74, 6) is 2.19. The smallest absolute Gasteiger partial charge is 0.00890 e. The Morgan fingerprint density at radius 1 is 0.947 bits per heavy atom. The second-order valence-corrected chi connectivity index (χ2v) is 12.4. The van der Waals surface area contributed by atoms with Gasteiger partial charge >= 0.3 is 0 Å². The fourth-order valence-corrected chi connectivity index (χ4v) is 7.39. The van der Waals surface area contributed by atoms with Gasteiger partial charge in [0, 0.05) is 5.92 Å². The molecular formula is C38H44. The Hall–Kier alpha value is -3.12. The SMILES string of the molecule is C=C/C(=C(C)\C=C1/CC(C)(C)c2c1c1ccccc1c1ccccc21)C1C=CC=CC1[C@H](C)C(C)CCC. The van der Waals surface area contributed by atoms with Crippen LogP contribution in [0.4, 0.5) is 0 Å². The van der Waals surface area contributed by atoms with E-state index in [1.54, 1.807) is 0 Å². The molecule has 3 aromatic rings. The molecule has 0 nitrogen and oxygen atoms in total. The molecule has 2 aliphatic carbocycles. The van der Waals surface area contributed by atoms with Crippen LogP contribution in [0.25, 0.3) is 27.1 Å². The minimum absolute atomic E-state index is 0.0829. The van der Waals surface area contributed by atoms with E-state index in [4.69, 9.17) is 0 Å². The molecule has 38 heavy (non-hydrogen) atoms. The quantitative estimate of drug-likeness (QED) is 0.223. The van der Waals surface area contributed by atoms with Crippen LogP contribution in [0.3, 0.4) is 0 Å². The van der Waals surface area contributed by atoms with Crippen molar-refractivity contribution in [2.24, 2.45) is 23.7 Å². The summed E-state index contributed by atoms with van der Waals surface area (Å²) < 4.78 is 0. The van der Waals surface area contributed by atoms with Gasteiger partial charge in [-0.2, -0.15) is 0 Å². The van der Waals surface area contributed by atoms with Crippen molar-refractivity contribution in [3.8, 4) is 0 Å². The van der Waals surface area contributed by atoms with E-state index in [9.17, 15) is 0 Å². The second kappa shape index (κ2) is 10.6. The van der Waals surface area contributed by atoms with Gasteiger partial charge in [-0.1, -0.05) is 139 Å². The van der Waals surface area contributed by atoms with E-state index < -0.39 is 0 Å². The molecule has 0 amide bonds. The Bertz CT molecular complexity index is 1490. The van der Waals surface area contributed by atoms with Gasteiger partial charge < -0.3 is 0 Å². The van der Waals surface area contributed by atoms with Crippen LogP contribution in [0.2, 0.25) is 0 Å². The number of fused-ring (bicyclic) bond motifs is 6. The molecule has 0 fully saturated rings. The molecule has 3 aromatic carbocycles. The van der Waals surface area contributed by atoms with Crippen molar-refractivity contribution in [2.45, 2.75) is 66.2 Å². The maximum absolute atomic E-state index is 4.33. The third-order valence-electron chi connectivity index (χ3n) is 9.41. The first-order valence-corrected chi connectivity index (χ1v) is 14.6. The monoisotopic (exact) mass is 500 g/mol. The zero-order valence-electron chi connectivity index (χ0n) is 24.2. The third kappa shape index (κ3) is 4.53. The maximum atomic E-state index is 4.33. The number of rotatable bonds is 7. The zero-order chi connectivity index (χ0) is 27.0. The molecule has 0 heteroatoms. The van der Waals surface area contributed by atoms with Crippen LogP contribution in [0.1, 0.15) is 71.9 Å². The first kappa shape index (κ1) is 26.5. The average Bonchev–Trinajstić information content (AvgIpc) is 3.19. The van der Waals surface area contributed by atoms with E-state index in [0.717, 1.165) is 6.42 Å². The van der Waals surface area contributed by atoms with Gasteiger partial charge in [-0.15, -0.1) is 0 Å². The van der Waals surface area contributed by atoms with Crippen LogP contribution < -0.4 is 0 Å². The summed E-state index contributed by atoms with van der Waals surface area (Å²) in [5, 5.41) is 5.51. The van der Waals surface area contributed by atoms with Gasteiger partial charge in [0.05, 0.1) is 0 Å². The summed E-state index contributed by atoms with van der Waals surface area (Å²) in [7, 11) is 0. The normalized spacial score (nSPS) is 23.5. The topological polar surface area (TPSA) is 0 Å². The van der Waals surface area contributed by atoms with Crippen LogP contribution in [-0.4, -0.2) is 0 Å². The van der Waals surface area contributed by atoms with Crippen LogP contribution in [0.5, 0.6) is 0 Å². The predicted molar refractivity (Wildman–Crippen MR) is 168 cm³/mol. The maximum Gasteiger partial charge on any atom is 0.00890 e. The lowest BCUT2D eigenvalue weighted by molar-refractivity contribution is 0.258. The molecule has 3 unspecified atom stereocenters. The van der Waals surface area contributed by atoms with Crippen LogP contribution in [0.15, 0.2) is 103 Å². The molecule has 0 radical (unpaired) electrons. The molecule has 0 spiro atoms. The fourth-order valence-electron chi connectivity index (χ4n) is 7.39. The fraction of sp³-hybridized carbons (Fsp3) is 0.368. The van der Waals surface area contributed by atoms with Crippen LogP contribution in [-0.2, 0) is 5.41 Å². The number of hydrogen-bond acceptors (Lipinski definition) is 0. The molecule has 0 aromatic heterocycles. The summed E-state index contributed by atoms with van der Waals surface area (Å²) >= 11 is 0. The third-order valence-corrected chi connectivity index (χ3v) is 9.41. The second-order valence-electron chi connectivity index (χ2n) is 12.4. The predicted octanol–water partition coefficient (Wildman–Crippen LogP) is 11.0. The molecule has 4 atom stereocenters. The lowest BCUT2D eigenvalue weighted by Gasteiger charge is -2.34. The molecule has 0 saturated carbocycles. The Labute approximate surface area is 230 Å². The highest BCUT2D eigenvalue weighted by Gasteiger charge is 2.37. The van der Waals surface area contributed by atoms with E-state index >= 15 is 0 Å². The minimum atomic E-state index is 0.0829. The number of hydrogen-bond donors (Lipinski definition) is 0. The van der Waals surface area contributed by atoms with Crippen molar-refractivity contribution in [1.82, 2.24) is 0 Å². The summed E-state index contributed by atoms with van der Waals surface area (Å²) in [6.07, 6.45) is 17.5. The summed E-state index contributed by atoms with van der Waals surface area (Å²) in [4.78, 5) is 0. The molecule has 0 heterocycles. The van der Waals surface area contributed by atoms with Crippen molar-refractivity contribution < 1.29 is 0 Å². The van der Waals surface area contributed by atoms with E-state index in [2.05, 4.69) is 133 Å². The van der Waals surface area contributed by atoms with E-state index in [1.807, 2.05) is 0 Å². The lowest BCUT2D eigenvalue weighted by atomic mass is 9.70. The van der Waals surface area contributed by atoms with E-state index in [0.29, 0.717) is 23.7 Å². The molecule has 0 bridgehead atoms. The van der Waals surface area contributed by atoms with Crippen molar-refractivity contribution in [2.75, 3.05) is 0 Å². The molecule has 0 aliphatic heterocycles. The van der Waals surface area contributed by atoms with Crippen molar-refractivity contribution >= 4 is 27.1 Å². The van der Waals surface area contributed by atoms with Crippen molar-refractivity contribution in [1.29, 1.82) is 0 Å². The van der Waals surface area contributed by atoms with Gasteiger partial charge in [-0.25, -0.2) is 0 Å². The standard InChI is InChI=1S/C38H44/c1-8-16-25(3)27(5)30-17-10-11-18-31(30)29(9-2)26(4)23-28-24-38(6,7)37-35-22-15-13-20-33(35)32-19-12-14-21-34(32)36(28)37/h9-15,17-23,25,27,30-31H,2,8,16,24H2,1,3-7H3/b28-23+,29-26+/t25?,27-,30?,31?/m1/s1. The molecule has 0 N–H and O–H groups in total. The summed E-state index contributed by atoms with van der Waals surface area (Å²) in [5.41, 5.74) is 7.22. The summed E-state index contributed by atoms with van der Waals surface area (Å²) in [6.45, 7) is 18.6. The highest BCUT2D eigenvalue weighted by molar-refractivity contribution is 6.15. The Morgan fingerprint density at radius 3 is 2.21 bits per heavy atom. The zero-order valence-corrected chi connectivity index (χ0v) is 24.2. The molecule has 2 aliphatic rings.